The molecular formula is C17H11Cl2FN4O. The van der Waals surface area contributed by atoms with Crippen molar-refractivity contribution < 1.29 is 9.18 Å². The summed E-state index contributed by atoms with van der Waals surface area (Å²) in [7, 11) is 0. The van der Waals surface area contributed by atoms with Crippen LogP contribution in [0.3, 0.4) is 0 Å². The lowest BCUT2D eigenvalue weighted by atomic mass is 10.0. The first-order valence-corrected chi connectivity index (χ1v) is 7.78. The van der Waals surface area contributed by atoms with Crippen molar-refractivity contribution in [3.05, 3.63) is 64.7 Å². The second-order valence-corrected chi connectivity index (χ2v) is 5.98. The number of aromatic nitrogens is 2. The fourth-order valence-corrected chi connectivity index (χ4v) is 2.55. The highest BCUT2D eigenvalue weighted by atomic mass is 35.5. The highest BCUT2D eigenvalue weighted by Gasteiger charge is 2.12. The summed E-state index contributed by atoms with van der Waals surface area (Å²) in [6.45, 7) is 3.65. The maximum Gasteiger partial charge on any atom is 0.248 e. The zero-order valence-electron chi connectivity index (χ0n) is 12.7. The summed E-state index contributed by atoms with van der Waals surface area (Å²) >= 11 is 11.7. The van der Waals surface area contributed by atoms with Gasteiger partial charge in [0.2, 0.25) is 5.91 Å². The lowest BCUT2D eigenvalue weighted by Crippen LogP contribution is -2.12. The number of hydrogen-bond donors (Lipinski definition) is 2. The van der Waals surface area contributed by atoms with Gasteiger partial charge in [0, 0.05) is 11.0 Å². The molecule has 3 rings (SSSR count). The van der Waals surface area contributed by atoms with Gasteiger partial charge in [0.15, 0.2) is 0 Å². The van der Waals surface area contributed by atoms with E-state index >= 15 is 0 Å². The fraction of sp³-hybridized carbons (Fsp3) is 0. The van der Waals surface area contributed by atoms with Gasteiger partial charge in [-0.1, -0.05) is 35.8 Å². The number of nitrogens with zero attached hydrogens (tertiary/aromatic N) is 2. The van der Waals surface area contributed by atoms with E-state index in [1.807, 2.05) is 0 Å². The van der Waals surface area contributed by atoms with Crippen molar-refractivity contribution in [3.8, 4) is 0 Å². The van der Waals surface area contributed by atoms with Gasteiger partial charge in [-0.2, -0.15) is 0 Å². The highest BCUT2D eigenvalue weighted by Crippen LogP contribution is 2.31. The third-order valence-corrected chi connectivity index (χ3v) is 4.27. The van der Waals surface area contributed by atoms with Crippen LogP contribution in [0.25, 0.3) is 16.5 Å². The lowest BCUT2D eigenvalue weighted by molar-refractivity contribution is -0.112. The molecule has 0 unspecified atom stereocenters. The topological polar surface area (TPSA) is 80.9 Å². The minimum absolute atomic E-state index is 0.105. The molecule has 0 radical (unpaired) electrons. The van der Waals surface area contributed by atoms with Crippen molar-refractivity contribution in [1.82, 2.24) is 9.97 Å². The maximum atomic E-state index is 14.1. The molecule has 0 atom stereocenters. The van der Waals surface area contributed by atoms with Crippen LogP contribution in [0.4, 0.5) is 15.9 Å². The van der Waals surface area contributed by atoms with Gasteiger partial charge in [0.05, 0.1) is 21.2 Å². The molecule has 0 bridgehead atoms. The highest BCUT2D eigenvalue weighted by molar-refractivity contribution is 6.42. The molecule has 1 heterocycles. The van der Waals surface area contributed by atoms with Crippen molar-refractivity contribution in [2.75, 3.05) is 5.32 Å². The number of fused-ring (bicyclic) bond motifs is 1. The molecule has 3 aromatic rings. The van der Waals surface area contributed by atoms with Crippen molar-refractivity contribution in [2.45, 2.75) is 0 Å². The molecule has 1 aromatic heterocycles. The number of halogens is 3. The number of carbonyl (C=O) groups is 1. The normalized spacial score (nSPS) is 10.7. The van der Waals surface area contributed by atoms with Crippen LogP contribution in [0, 0.1) is 5.82 Å². The number of anilines is 2. The van der Waals surface area contributed by atoms with Crippen LogP contribution in [0.15, 0.2) is 43.2 Å². The number of hydrogen-bond acceptors (Lipinski definition) is 4. The van der Waals surface area contributed by atoms with E-state index in [4.69, 9.17) is 28.9 Å². The summed E-state index contributed by atoms with van der Waals surface area (Å²) in [4.78, 5) is 19.6. The van der Waals surface area contributed by atoms with Crippen molar-refractivity contribution in [2.24, 2.45) is 5.73 Å². The Kier molecular flexibility index (Phi) is 4.57. The summed E-state index contributed by atoms with van der Waals surface area (Å²) in [5, 5.41) is 3.74. The second-order valence-electron chi connectivity index (χ2n) is 5.17. The molecule has 2 aromatic carbocycles. The van der Waals surface area contributed by atoms with Crippen LogP contribution in [0.1, 0.15) is 5.56 Å². The summed E-state index contributed by atoms with van der Waals surface area (Å²) in [6, 6.07) is 7.48. The molecule has 0 aliphatic heterocycles. The molecule has 0 fully saturated rings. The Balaban J connectivity index is 2.10. The Morgan fingerprint density at radius 2 is 1.88 bits per heavy atom. The van der Waals surface area contributed by atoms with Gasteiger partial charge < -0.3 is 11.1 Å². The van der Waals surface area contributed by atoms with Gasteiger partial charge in [0.1, 0.15) is 18.0 Å². The molecule has 5 nitrogen and oxygen atoms in total. The molecule has 25 heavy (non-hydrogen) atoms. The van der Waals surface area contributed by atoms with E-state index < -0.39 is 11.7 Å². The summed E-state index contributed by atoms with van der Waals surface area (Å²) < 4.78 is 14.1. The van der Waals surface area contributed by atoms with Gasteiger partial charge in [-0.3, -0.25) is 4.79 Å². The third-order valence-electron chi connectivity index (χ3n) is 3.54. The van der Waals surface area contributed by atoms with Crippen molar-refractivity contribution in [1.29, 1.82) is 0 Å². The molecule has 8 heteroatoms. The molecule has 0 aliphatic rings. The summed E-state index contributed by atoms with van der Waals surface area (Å²) in [5.41, 5.74) is 6.63. The monoisotopic (exact) mass is 376 g/mol. The van der Waals surface area contributed by atoms with E-state index in [1.54, 1.807) is 18.2 Å². The van der Waals surface area contributed by atoms with Gasteiger partial charge in [-0.05, 0) is 29.8 Å². The van der Waals surface area contributed by atoms with Gasteiger partial charge >= 0.3 is 0 Å². The maximum absolute atomic E-state index is 14.1. The van der Waals surface area contributed by atoms with E-state index in [0.29, 0.717) is 22.3 Å². The fourth-order valence-electron chi connectivity index (χ4n) is 2.23. The first-order valence-electron chi connectivity index (χ1n) is 7.02. The number of nitrogens with two attached hydrogens (primary N) is 1. The molecule has 126 valence electrons. The van der Waals surface area contributed by atoms with E-state index in [2.05, 4.69) is 21.9 Å². The molecule has 1 amide bonds. The van der Waals surface area contributed by atoms with Crippen LogP contribution < -0.4 is 11.1 Å². The van der Waals surface area contributed by atoms with E-state index in [1.165, 1.54) is 12.4 Å². The lowest BCUT2D eigenvalue weighted by Gasteiger charge is -2.11. The molecule has 0 saturated carbocycles. The first kappa shape index (κ1) is 17.1. The number of primary amides is 1. The molecule has 0 spiro atoms. The van der Waals surface area contributed by atoms with Crippen molar-refractivity contribution in [3.63, 3.8) is 0 Å². The number of carbonyl (C=O) groups excluding carboxylic acids is 1. The largest absolute Gasteiger partial charge is 0.366 e. The Bertz CT molecular complexity index is 1020. The van der Waals surface area contributed by atoms with Gasteiger partial charge in [-0.25, -0.2) is 14.4 Å². The SMILES string of the molecule is C=C(C(N)=O)c1ccc2ncnc(Nc3cc(Cl)c(Cl)cc3F)c2c1. The minimum Gasteiger partial charge on any atom is -0.366 e. The van der Waals surface area contributed by atoms with E-state index in [9.17, 15) is 9.18 Å². The third kappa shape index (κ3) is 3.40. The van der Waals surface area contributed by atoms with Gasteiger partial charge in [-0.15, -0.1) is 0 Å². The summed E-state index contributed by atoms with van der Waals surface area (Å²) in [5.74, 6) is -0.887. The Morgan fingerprint density at radius 1 is 1.16 bits per heavy atom. The zero-order chi connectivity index (χ0) is 18.1. The Hall–Kier alpha value is -2.70. The molecule has 3 N–H and O–H groups in total. The molecule has 0 saturated heterocycles. The summed E-state index contributed by atoms with van der Waals surface area (Å²) in [6.07, 6.45) is 1.34. The first-order chi connectivity index (χ1) is 11.9. The van der Waals surface area contributed by atoms with Gasteiger partial charge in [0.25, 0.3) is 0 Å². The van der Waals surface area contributed by atoms with Crippen LogP contribution >= 0.6 is 23.2 Å². The van der Waals surface area contributed by atoms with Crippen molar-refractivity contribution >= 4 is 57.1 Å². The second kappa shape index (κ2) is 6.66. The minimum atomic E-state index is -0.638. The average molecular weight is 377 g/mol. The predicted octanol–water partition coefficient (Wildman–Crippen LogP) is 4.32. The Morgan fingerprint density at radius 3 is 2.60 bits per heavy atom. The van der Waals surface area contributed by atoms with E-state index in [0.717, 1.165) is 6.07 Å². The molecular weight excluding hydrogens is 366 g/mol. The number of nitrogens with one attached hydrogen (secondary N) is 1. The zero-order valence-corrected chi connectivity index (χ0v) is 14.2. The standard InChI is InChI=1S/C17H11Cl2FN4O/c1-8(16(21)25)9-2-3-14-10(4-9)17(23-7-22-14)24-15-6-12(19)11(18)5-13(15)20/h2-7H,1H2,(H2,21,25)(H,22,23,24). The quantitative estimate of drug-likeness (QED) is 0.524. The van der Waals surface area contributed by atoms with Crippen LogP contribution in [0.2, 0.25) is 10.0 Å². The smallest absolute Gasteiger partial charge is 0.248 e. The van der Waals surface area contributed by atoms with Crippen LogP contribution in [0.5, 0.6) is 0 Å². The number of amides is 1. The predicted molar refractivity (Wildman–Crippen MR) is 97.5 cm³/mol. The van der Waals surface area contributed by atoms with E-state index in [-0.39, 0.29) is 21.3 Å². The Labute approximate surface area is 152 Å². The number of benzene rings is 2. The van der Waals surface area contributed by atoms with Crippen LogP contribution in [-0.4, -0.2) is 15.9 Å². The number of rotatable bonds is 4. The molecule has 0 aliphatic carbocycles. The van der Waals surface area contributed by atoms with Crippen LogP contribution in [-0.2, 0) is 4.79 Å². The average Bonchev–Trinajstić information content (AvgIpc) is 2.58.